The van der Waals surface area contributed by atoms with Crippen LogP contribution in [-0.4, -0.2) is 5.91 Å². The topological polar surface area (TPSA) is 69.1 Å². The smallest absolute Gasteiger partial charge is 0.241 e. The van der Waals surface area contributed by atoms with Crippen molar-refractivity contribution in [3.8, 4) is 0 Å². The molecular weight excluding hydrogens is 188 g/mol. The SMILES string of the molecule is C[C@@](N)(C(N)=O)c1ccccc1Cl. The van der Waals surface area contributed by atoms with E-state index in [-0.39, 0.29) is 0 Å². The number of hydrogen-bond donors (Lipinski definition) is 2. The number of nitrogens with two attached hydrogens (primary N) is 2. The van der Waals surface area contributed by atoms with Gasteiger partial charge in [0.1, 0.15) is 5.54 Å². The third-order valence-corrected chi connectivity index (χ3v) is 2.27. The summed E-state index contributed by atoms with van der Waals surface area (Å²) in [6.45, 7) is 1.54. The Kier molecular flexibility index (Phi) is 2.59. The Morgan fingerprint density at radius 2 is 2.00 bits per heavy atom. The summed E-state index contributed by atoms with van der Waals surface area (Å²) in [7, 11) is 0. The van der Waals surface area contributed by atoms with Crippen LogP contribution in [0.4, 0.5) is 0 Å². The number of benzene rings is 1. The molecule has 1 aromatic carbocycles. The van der Waals surface area contributed by atoms with Gasteiger partial charge in [-0.3, -0.25) is 4.79 Å². The van der Waals surface area contributed by atoms with Crippen molar-refractivity contribution < 1.29 is 4.79 Å². The first-order valence-corrected chi connectivity index (χ1v) is 4.18. The van der Waals surface area contributed by atoms with Gasteiger partial charge < -0.3 is 11.5 Å². The summed E-state index contributed by atoms with van der Waals surface area (Å²) in [5.74, 6) is -0.597. The van der Waals surface area contributed by atoms with Gasteiger partial charge in [-0.05, 0) is 18.6 Å². The summed E-state index contributed by atoms with van der Waals surface area (Å²) in [5.41, 5.74) is 10.2. The second-order valence-electron chi connectivity index (χ2n) is 3.05. The highest BCUT2D eigenvalue weighted by Crippen LogP contribution is 2.25. The van der Waals surface area contributed by atoms with Gasteiger partial charge in [-0.15, -0.1) is 0 Å². The van der Waals surface area contributed by atoms with Crippen molar-refractivity contribution in [1.82, 2.24) is 0 Å². The van der Waals surface area contributed by atoms with Gasteiger partial charge in [-0.2, -0.15) is 0 Å². The molecule has 1 rings (SSSR count). The number of primary amides is 1. The molecule has 70 valence electrons. The molecule has 4 heteroatoms. The molecule has 0 radical (unpaired) electrons. The molecule has 1 atom stereocenters. The highest BCUT2D eigenvalue weighted by molar-refractivity contribution is 6.31. The predicted octanol–water partition coefficient (Wildman–Crippen LogP) is 0.999. The van der Waals surface area contributed by atoms with Crippen LogP contribution in [0.2, 0.25) is 5.02 Å². The zero-order chi connectivity index (χ0) is 10.1. The average molecular weight is 199 g/mol. The maximum atomic E-state index is 11.0. The van der Waals surface area contributed by atoms with Gasteiger partial charge in [0.25, 0.3) is 0 Å². The summed E-state index contributed by atoms with van der Waals surface area (Å²) in [6.07, 6.45) is 0. The molecule has 0 bridgehead atoms. The molecule has 0 aliphatic rings. The van der Waals surface area contributed by atoms with Crippen molar-refractivity contribution in [3.05, 3.63) is 34.9 Å². The Labute approximate surface area is 81.7 Å². The number of hydrogen-bond acceptors (Lipinski definition) is 2. The van der Waals surface area contributed by atoms with E-state index in [1.54, 1.807) is 24.3 Å². The molecule has 0 spiro atoms. The number of carbonyl (C=O) groups is 1. The van der Waals surface area contributed by atoms with Crippen LogP contribution in [0, 0.1) is 0 Å². The Morgan fingerprint density at radius 1 is 1.46 bits per heavy atom. The second-order valence-corrected chi connectivity index (χ2v) is 3.45. The first kappa shape index (κ1) is 10.0. The molecule has 13 heavy (non-hydrogen) atoms. The molecule has 0 unspecified atom stereocenters. The molecule has 0 saturated carbocycles. The fourth-order valence-electron chi connectivity index (χ4n) is 1.02. The third-order valence-electron chi connectivity index (χ3n) is 1.95. The molecule has 0 heterocycles. The van der Waals surface area contributed by atoms with E-state index in [2.05, 4.69) is 0 Å². The Morgan fingerprint density at radius 3 is 2.46 bits per heavy atom. The summed E-state index contributed by atoms with van der Waals surface area (Å²) >= 11 is 5.87. The highest BCUT2D eigenvalue weighted by atomic mass is 35.5. The van der Waals surface area contributed by atoms with E-state index in [4.69, 9.17) is 23.1 Å². The molecular formula is C9H11ClN2O. The van der Waals surface area contributed by atoms with Crippen molar-refractivity contribution in [2.45, 2.75) is 12.5 Å². The van der Waals surface area contributed by atoms with Crippen LogP contribution in [0.25, 0.3) is 0 Å². The van der Waals surface area contributed by atoms with Crippen LogP contribution < -0.4 is 11.5 Å². The van der Waals surface area contributed by atoms with Gasteiger partial charge >= 0.3 is 0 Å². The molecule has 1 aromatic rings. The molecule has 0 saturated heterocycles. The standard InChI is InChI=1S/C9H11ClN2O/c1-9(12,8(11)13)6-4-2-3-5-7(6)10/h2-5H,12H2,1H3,(H2,11,13)/t9-/m0/s1. The van der Waals surface area contributed by atoms with Crippen LogP contribution in [0.1, 0.15) is 12.5 Å². The Hall–Kier alpha value is -1.06. The number of carbonyl (C=O) groups excluding carboxylic acids is 1. The predicted molar refractivity (Wildman–Crippen MR) is 52.2 cm³/mol. The zero-order valence-electron chi connectivity index (χ0n) is 7.25. The molecule has 0 aliphatic carbocycles. The van der Waals surface area contributed by atoms with Crippen LogP contribution in [0.3, 0.4) is 0 Å². The zero-order valence-corrected chi connectivity index (χ0v) is 8.01. The maximum Gasteiger partial charge on any atom is 0.241 e. The monoisotopic (exact) mass is 198 g/mol. The van der Waals surface area contributed by atoms with Crippen molar-refractivity contribution in [2.24, 2.45) is 11.5 Å². The van der Waals surface area contributed by atoms with E-state index in [1.165, 1.54) is 6.92 Å². The van der Waals surface area contributed by atoms with Gasteiger partial charge in [0.2, 0.25) is 5.91 Å². The van der Waals surface area contributed by atoms with Gasteiger partial charge in [0.05, 0.1) is 0 Å². The van der Waals surface area contributed by atoms with E-state index in [0.717, 1.165) is 0 Å². The van der Waals surface area contributed by atoms with E-state index < -0.39 is 11.4 Å². The second kappa shape index (κ2) is 3.36. The van der Waals surface area contributed by atoms with Crippen molar-refractivity contribution in [3.63, 3.8) is 0 Å². The van der Waals surface area contributed by atoms with Gasteiger partial charge in [-0.25, -0.2) is 0 Å². The first-order valence-electron chi connectivity index (χ1n) is 3.80. The van der Waals surface area contributed by atoms with E-state index in [1.807, 2.05) is 0 Å². The lowest BCUT2D eigenvalue weighted by Gasteiger charge is -2.21. The molecule has 3 nitrogen and oxygen atoms in total. The van der Waals surface area contributed by atoms with Crippen molar-refractivity contribution in [1.29, 1.82) is 0 Å². The van der Waals surface area contributed by atoms with Gasteiger partial charge in [0.15, 0.2) is 0 Å². The number of halogens is 1. The minimum Gasteiger partial charge on any atom is -0.368 e. The summed E-state index contributed by atoms with van der Waals surface area (Å²) in [6, 6.07) is 6.89. The van der Waals surface area contributed by atoms with Gasteiger partial charge in [-0.1, -0.05) is 29.8 Å². The fourth-order valence-corrected chi connectivity index (χ4v) is 1.35. The largest absolute Gasteiger partial charge is 0.368 e. The number of rotatable bonds is 2. The van der Waals surface area contributed by atoms with Crippen LogP contribution in [-0.2, 0) is 10.3 Å². The molecule has 0 fully saturated rings. The van der Waals surface area contributed by atoms with Gasteiger partial charge in [0, 0.05) is 5.02 Å². The lowest BCUT2D eigenvalue weighted by molar-refractivity contribution is -0.122. The summed E-state index contributed by atoms with van der Waals surface area (Å²) in [4.78, 5) is 11.0. The molecule has 0 aromatic heterocycles. The van der Waals surface area contributed by atoms with E-state index in [0.29, 0.717) is 10.6 Å². The van der Waals surface area contributed by atoms with E-state index in [9.17, 15) is 4.79 Å². The molecule has 4 N–H and O–H groups in total. The minimum absolute atomic E-state index is 0.450. The van der Waals surface area contributed by atoms with Crippen molar-refractivity contribution in [2.75, 3.05) is 0 Å². The first-order chi connectivity index (χ1) is 5.96. The average Bonchev–Trinajstić information content (AvgIpc) is 2.04. The van der Waals surface area contributed by atoms with Crippen molar-refractivity contribution >= 4 is 17.5 Å². The third kappa shape index (κ3) is 1.82. The molecule has 0 aliphatic heterocycles. The normalized spacial score (nSPS) is 15.0. The summed E-state index contributed by atoms with van der Waals surface area (Å²) < 4.78 is 0. The number of amides is 1. The Balaban J connectivity index is 3.22. The highest BCUT2D eigenvalue weighted by Gasteiger charge is 2.29. The van der Waals surface area contributed by atoms with E-state index >= 15 is 0 Å². The van der Waals surface area contributed by atoms with Crippen LogP contribution in [0.15, 0.2) is 24.3 Å². The fraction of sp³-hybridized carbons (Fsp3) is 0.222. The van der Waals surface area contributed by atoms with Crippen LogP contribution >= 0.6 is 11.6 Å². The lowest BCUT2D eigenvalue weighted by atomic mass is 9.93. The Bertz CT molecular complexity index is 336. The quantitative estimate of drug-likeness (QED) is 0.745. The minimum atomic E-state index is -1.21. The maximum absolute atomic E-state index is 11.0. The molecule has 1 amide bonds. The summed E-state index contributed by atoms with van der Waals surface area (Å²) in [5, 5.41) is 0.450. The lowest BCUT2D eigenvalue weighted by Crippen LogP contribution is -2.46. The van der Waals surface area contributed by atoms with Crippen LogP contribution in [0.5, 0.6) is 0 Å².